The Labute approximate surface area is 325 Å². The second-order valence-corrected chi connectivity index (χ2v) is 19.0. The highest BCUT2D eigenvalue weighted by Crippen LogP contribution is 2.53. The topological polar surface area (TPSA) is 24.5 Å². The zero-order valence-corrected chi connectivity index (χ0v) is 33.5. The van der Waals surface area contributed by atoms with E-state index < -0.39 is 0 Å². The van der Waals surface area contributed by atoms with Crippen LogP contribution >= 0.6 is 11.8 Å². The van der Waals surface area contributed by atoms with Crippen LogP contribution in [0.15, 0.2) is 113 Å². The van der Waals surface area contributed by atoms with E-state index in [0.29, 0.717) is 0 Å². The van der Waals surface area contributed by atoms with Gasteiger partial charge in [-0.2, -0.15) is 0 Å². The van der Waals surface area contributed by atoms with Gasteiger partial charge in [0.15, 0.2) is 7.28 Å². The summed E-state index contributed by atoms with van der Waals surface area (Å²) in [6.07, 6.45) is 2.37. The fourth-order valence-corrected chi connectivity index (χ4v) is 10.8. The minimum Gasteiger partial charge on any atom is -0.455 e. The minimum atomic E-state index is -0.136. The number of nitrogens with one attached hydrogen (secondary N) is 1. The first-order chi connectivity index (χ1) is 25.8. The fraction of sp³-hybridized carbons (Fsp3) is 0.265. The molecule has 0 fully saturated rings. The van der Waals surface area contributed by atoms with Crippen LogP contribution in [0.4, 0.5) is 28.4 Å². The van der Waals surface area contributed by atoms with Gasteiger partial charge in [-0.25, -0.2) is 0 Å². The van der Waals surface area contributed by atoms with E-state index in [2.05, 4.69) is 169 Å². The third-order valence-electron chi connectivity index (χ3n) is 13.0. The summed E-state index contributed by atoms with van der Waals surface area (Å²) in [6, 6.07) is 38.7. The summed E-state index contributed by atoms with van der Waals surface area (Å²) in [5.41, 5.74) is 19.6. The van der Waals surface area contributed by atoms with Gasteiger partial charge in [0.1, 0.15) is 11.5 Å². The number of fused-ring (bicyclic) bond motifs is 7. The summed E-state index contributed by atoms with van der Waals surface area (Å²) in [7, 11) is 0.832. The molecule has 0 atom stereocenters. The highest BCUT2D eigenvalue weighted by atomic mass is 32.2. The van der Waals surface area contributed by atoms with Gasteiger partial charge in [-0.15, -0.1) is 0 Å². The molecule has 0 unspecified atom stereocenters. The standard InChI is InChI=1S/C49H47BN2OS/c1-28-22-31(30-14-13-16-33-46(30)51-37-17-10-9-15-32(37)49(33,7)8)45-40(23-28)52(38-25-35-34(24-29(38)2)47(3,4)20-21-48(35,5)6)39-27-42-44(26-36(39)50-45)54-43-19-12-11-18-41(43)53-42/h9-19,22-27,50-51H,20-21H2,1-8H3. The maximum absolute atomic E-state index is 6.67. The van der Waals surface area contributed by atoms with Crippen LogP contribution in [-0.2, 0) is 16.2 Å². The SMILES string of the molecule is Cc1cc(-c2cccc3c2Nc2ccccc2C3(C)C)c2c(c1)N(c1cc3c(cc1C)C(C)(C)CCC3(C)C)c1cc3c(cc1B2)Sc1ccccc1O3. The highest BCUT2D eigenvalue weighted by Gasteiger charge is 2.40. The van der Waals surface area contributed by atoms with Crippen molar-refractivity contribution in [2.45, 2.75) is 94.3 Å². The molecule has 0 bridgehead atoms. The first-order valence-corrected chi connectivity index (χ1v) is 20.3. The Bertz CT molecular complexity index is 2580. The van der Waals surface area contributed by atoms with Gasteiger partial charge < -0.3 is 15.0 Å². The molecule has 0 aromatic heterocycles. The van der Waals surface area contributed by atoms with E-state index in [1.807, 2.05) is 11.8 Å². The normalized spacial score (nSPS) is 17.5. The summed E-state index contributed by atoms with van der Waals surface area (Å²) in [5.74, 6) is 1.86. The second kappa shape index (κ2) is 11.6. The van der Waals surface area contributed by atoms with E-state index in [0.717, 1.165) is 23.7 Å². The lowest BCUT2D eigenvalue weighted by atomic mass is 9.57. The molecule has 54 heavy (non-hydrogen) atoms. The summed E-state index contributed by atoms with van der Waals surface area (Å²) in [4.78, 5) is 4.91. The van der Waals surface area contributed by atoms with E-state index in [4.69, 9.17) is 4.74 Å². The second-order valence-electron chi connectivity index (χ2n) is 17.9. The molecular weight excluding hydrogens is 675 g/mol. The highest BCUT2D eigenvalue weighted by molar-refractivity contribution is 7.99. The van der Waals surface area contributed by atoms with Crippen molar-refractivity contribution in [3.05, 3.63) is 137 Å². The van der Waals surface area contributed by atoms with Gasteiger partial charge in [0, 0.05) is 39.8 Å². The summed E-state index contributed by atoms with van der Waals surface area (Å²) in [5, 5.41) is 3.93. The largest absolute Gasteiger partial charge is 0.455 e. The number of ether oxygens (including phenoxy) is 1. The molecule has 0 radical (unpaired) electrons. The van der Waals surface area contributed by atoms with Crippen molar-refractivity contribution in [2.75, 3.05) is 10.2 Å². The number of para-hydroxylation sites is 3. The molecular formula is C49H47BN2OS. The number of nitrogens with zero attached hydrogens (tertiary/aromatic N) is 1. The number of rotatable bonds is 2. The zero-order valence-electron chi connectivity index (χ0n) is 32.7. The Hall–Kier alpha value is -4.87. The van der Waals surface area contributed by atoms with Gasteiger partial charge >= 0.3 is 0 Å². The zero-order chi connectivity index (χ0) is 37.3. The quantitative estimate of drug-likeness (QED) is 0.180. The van der Waals surface area contributed by atoms with Crippen LogP contribution < -0.4 is 25.9 Å². The van der Waals surface area contributed by atoms with E-state index in [1.165, 1.54) is 102 Å². The number of aryl methyl sites for hydroxylation is 2. The Kier molecular flexibility index (Phi) is 7.22. The van der Waals surface area contributed by atoms with E-state index in [9.17, 15) is 0 Å². The first-order valence-electron chi connectivity index (χ1n) is 19.5. The minimum absolute atomic E-state index is 0.0870. The molecule has 3 aliphatic heterocycles. The predicted molar refractivity (Wildman–Crippen MR) is 230 cm³/mol. The molecule has 6 aromatic rings. The molecule has 268 valence electrons. The summed E-state index contributed by atoms with van der Waals surface area (Å²) >= 11 is 1.82. The number of hydrogen-bond donors (Lipinski definition) is 1. The van der Waals surface area contributed by atoms with Gasteiger partial charge in [-0.1, -0.05) is 119 Å². The summed E-state index contributed by atoms with van der Waals surface area (Å²) in [6.45, 7) is 19.0. The average molecular weight is 723 g/mol. The molecule has 0 saturated carbocycles. The Morgan fingerprint density at radius 3 is 2.17 bits per heavy atom. The Balaban J connectivity index is 1.22. The first kappa shape index (κ1) is 33.7. The molecule has 0 amide bonds. The fourth-order valence-electron chi connectivity index (χ4n) is 9.76. The lowest BCUT2D eigenvalue weighted by Gasteiger charge is -2.44. The molecule has 5 heteroatoms. The number of anilines is 5. The van der Waals surface area contributed by atoms with Crippen LogP contribution in [-0.4, -0.2) is 7.28 Å². The van der Waals surface area contributed by atoms with E-state index in [-0.39, 0.29) is 16.2 Å². The predicted octanol–water partition coefficient (Wildman–Crippen LogP) is 12.1. The van der Waals surface area contributed by atoms with E-state index >= 15 is 0 Å². The van der Waals surface area contributed by atoms with Crippen LogP contribution in [0, 0.1) is 13.8 Å². The van der Waals surface area contributed by atoms with E-state index in [1.54, 1.807) is 0 Å². The van der Waals surface area contributed by atoms with Crippen LogP contribution in [0.25, 0.3) is 11.1 Å². The van der Waals surface area contributed by atoms with Crippen molar-refractivity contribution in [2.24, 2.45) is 0 Å². The van der Waals surface area contributed by atoms with Crippen LogP contribution in [0.3, 0.4) is 0 Å². The maximum Gasteiger partial charge on any atom is 0.198 e. The van der Waals surface area contributed by atoms with Gasteiger partial charge in [0.05, 0.1) is 15.5 Å². The molecule has 10 rings (SSSR count). The third-order valence-corrected chi connectivity index (χ3v) is 14.0. The molecule has 1 N–H and O–H groups in total. The molecule has 4 aliphatic rings. The average Bonchev–Trinajstić information content (AvgIpc) is 3.14. The van der Waals surface area contributed by atoms with Crippen LogP contribution in [0.2, 0.25) is 0 Å². The van der Waals surface area contributed by atoms with Gasteiger partial charge in [0.25, 0.3) is 0 Å². The van der Waals surface area contributed by atoms with Crippen LogP contribution in [0.5, 0.6) is 11.5 Å². The lowest BCUT2D eigenvalue weighted by molar-refractivity contribution is 0.332. The Morgan fingerprint density at radius 1 is 0.630 bits per heavy atom. The molecule has 0 spiro atoms. The molecule has 0 saturated heterocycles. The molecule has 3 nitrogen and oxygen atoms in total. The van der Waals surface area contributed by atoms with Crippen molar-refractivity contribution in [1.29, 1.82) is 0 Å². The lowest BCUT2D eigenvalue weighted by Crippen LogP contribution is -2.42. The molecule has 3 heterocycles. The summed E-state index contributed by atoms with van der Waals surface area (Å²) < 4.78 is 6.67. The number of hydrogen-bond acceptors (Lipinski definition) is 4. The monoisotopic (exact) mass is 722 g/mol. The van der Waals surface area contributed by atoms with Gasteiger partial charge in [-0.3, -0.25) is 0 Å². The van der Waals surface area contributed by atoms with Crippen molar-refractivity contribution in [1.82, 2.24) is 0 Å². The van der Waals surface area contributed by atoms with Crippen molar-refractivity contribution >= 4 is 58.4 Å². The Morgan fingerprint density at radius 2 is 1.35 bits per heavy atom. The third kappa shape index (κ3) is 4.97. The van der Waals surface area contributed by atoms with Crippen molar-refractivity contribution in [3.63, 3.8) is 0 Å². The molecule has 6 aromatic carbocycles. The van der Waals surface area contributed by atoms with Crippen molar-refractivity contribution in [3.8, 4) is 22.6 Å². The van der Waals surface area contributed by atoms with Gasteiger partial charge in [0.2, 0.25) is 0 Å². The van der Waals surface area contributed by atoms with Gasteiger partial charge in [-0.05, 0) is 118 Å². The maximum atomic E-state index is 6.67. The number of benzene rings is 6. The van der Waals surface area contributed by atoms with Crippen LogP contribution in [0.1, 0.15) is 87.8 Å². The van der Waals surface area contributed by atoms with Crippen molar-refractivity contribution < 1.29 is 4.74 Å². The molecule has 1 aliphatic carbocycles. The smallest absolute Gasteiger partial charge is 0.198 e.